The Bertz CT molecular complexity index is 1310. The molecule has 0 spiro atoms. The number of nitrogens with one attached hydrogen (secondary N) is 2. The Morgan fingerprint density at radius 3 is 2.00 bits per heavy atom. The largest absolute Gasteiger partial charge is 0.472 e. The maximum absolute atomic E-state index is 14.1. The molecule has 1 atom stereocenters. The van der Waals surface area contributed by atoms with Crippen molar-refractivity contribution in [2.45, 2.75) is 99.5 Å². The lowest BCUT2D eigenvalue weighted by atomic mass is 9.73. The Balaban J connectivity index is 0.00000111. The van der Waals surface area contributed by atoms with Crippen LogP contribution < -0.4 is 10.6 Å². The highest BCUT2D eigenvalue weighted by atomic mass is 16.3. The first-order chi connectivity index (χ1) is 21.7. The third kappa shape index (κ3) is 8.65. The zero-order valence-corrected chi connectivity index (χ0v) is 29.0. The Morgan fingerprint density at radius 2 is 1.47 bits per heavy atom. The van der Waals surface area contributed by atoms with E-state index in [1.54, 1.807) is 6.07 Å². The van der Waals surface area contributed by atoms with E-state index in [0.29, 0.717) is 38.0 Å². The average molecular weight is 618 g/mol. The second-order valence-corrected chi connectivity index (χ2v) is 11.8. The molecule has 7 nitrogen and oxygen atoms in total. The maximum atomic E-state index is 14.1. The van der Waals surface area contributed by atoms with Gasteiger partial charge in [0, 0.05) is 19.6 Å². The summed E-state index contributed by atoms with van der Waals surface area (Å²) in [6, 6.07) is 17.5. The predicted molar refractivity (Wildman–Crippen MR) is 184 cm³/mol. The van der Waals surface area contributed by atoms with Gasteiger partial charge in [-0.1, -0.05) is 111 Å². The summed E-state index contributed by atoms with van der Waals surface area (Å²) >= 11 is 0. The molecule has 1 fully saturated rings. The van der Waals surface area contributed by atoms with Gasteiger partial charge in [0.15, 0.2) is 0 Å². The molecule has 1 aliphatic heterocycles. The van der Waals surface area contributed by atoms with Gasteiger partial charge in [0.25, 0.3) is 5.91 Å². The topological polar surface area (TPSA) is 91.7 Å². The molecule has 246 valence electrons. The normalized spacial score (nSPS) is 15.6. The molecule has 3 amide bonds. The number of nitrogens with zero attached hydrogens (tertiary/aromatic N) is 1. The Kier molecular flexibility index (Phi) is 14.6. The summed E-state index contributed by atoms with van der Waals surface area (Å²) in [5.41, 5.74) is 3.94. The van der Waals surface area contributed by atoms with Crippen LogP contribution in [-0.4, -0.2) is 48.3 Å². The van der Waals surface area contributed by atoms with Crippen molar-refractivity contribution in [2.75, 3.05) is 19.6 Å². The Morgan fingerprint density at radius 1 is 0.889 bits per heavy atom. The van der Waals surface area contributed by atoms with Crippen LogP contribution in [0.5, 0.6) is 0 Å². The molecule has 1 aromatic heterocycles. The molecule has 2 heterocycles. The molecule has 3 aromatic rings. The number of furan rings is 1. The van der Waals surface area contributed by atoms with Gasteiger partial charge >= 0.3 is 0 Å². The number of benzene rings is 2. The molecule has 0 radical (unpaired) electrons. The predicted octanol–water partition coefficient (Wildman–Crippen LogP) is 7.99. The van der Waals surface area contributed by atoms with Crippen LogP contribution in [0.2, 0.25) is 0 Å². The van der Waals surface area contributed by atoms with Crippen molar-refractivity contribution in [1.82, 2.24) is 15.5 Å². The van der Waals surface area contributed by atoms with Crippen LogP contribution in [-0.2, 0) is 15.0 Å². The number of carbonyl (C=O) groups excluding carboxylic acids is 3. The van der Waals surface area contributed by atoms with Gasteiger partial charge in [-0.25, -0.2) is 0 Å². The van der Waals surface area contributed by atoms with Crippen LogP contribution in [0.3, 0.4) is 0 Å². The number of carbonyl (C=O) groups is 3. The minimum absolute atomic E-state index is 0.0336. The van der Waals surface area contributed by atoms with Gasteiger partial charge < -0.3 is 20.0 Å². The average Bonchev–Trinajstić information content (AvgIpc) is 3.80. The lowest BCUT2D eigenvalue weighted by molar-refractivity contribution is -0.129. The molecule has 0 saturated carbocycles. The summed E-state index contributed by atoms with van der Waals surface area (Å²) in [7, 11) is 0. The smallest absolute Gasteiger partial charge is 0.255 e. The van der Waals surface area contributed by atoms with E-state index >= 15 is 0 Å². The SMILES string of the molecule is CC.CC.CC.CC(C)(C)CNC(=O)C1(CCCCN2CCC(NC(=O)c3ccoc3)C2=O)c2ccccc2-c2ccccc21. The molecule has 2 aromatic carbocycles. The van der Waals surface area contributed by atoms with Crippen LogP contribution in [0, 0.1) is 5.41 Å². The fourth-order valence-electron chi connectivity index (χ4n) is 5.87. The van der Waals surface area contributed by atoms with Gasteiger partial charge in [-0.3, -0.25) is 14.4 Å². The van der Waals surface area contributed by atoms with E-state index in [1.165, 1.54) is 12.5 Å². The fraction of sp³-hybridized carbons (Fsp3) is 0.500. The molecule has 1 saturated heterocycles. The van der Waals surface area contributed by atoms with Crippen molar-refractivity contribution in [3.8, 4) is 11.1 Å². The molecule has 0 bridgehead atoms. The van der Waals surface area contributed by atoms with Gasteiger partial charge in [0.2, 0.25) is 11.8 Å². The molecule has 5 rings (SSSR count). The summed E-state index contributed by atoms with van der Waals surface area (Å²) in [5.74, 6) is -0.319. The second kappa shape index (κ2) is 17.6. The minimum Gasteiger partial charge on any atom is -0.472 e. The molecule has 45 heavy (non-hydrogen) atoms. The second-order valence-electron chi connectivity index (χ2n) is 11.8. The molecular formula is C38H55N3O4. The lowest BCUT2D eigenvalue weighted by Gasteiger charge is -2.32. The molecule has 2 aliphatic rings. The van der Waals surface area contributed by atoms with Crippen LogP contribution in [0.25, 0.3) is 11.1 Å². The first-order valence-electron chi connectivity index (χ1n) is 16.8. The number of rotatable bonds is 9. The highest BCUT2D eigenvalue weighted by molar-refractivity contribution is 6.00. The van der Waals surface area contributed by atoms with Gasteiger partial charge in [-0.15, -0.1) is 0 Å². The number of hydrogen-bond acceptors (Lipinski definition) is 4. The van der Waals surface area contributed by atoms with Crippen molar-refractivity contribution in [3.05, 3.63) is 83.8 Å². The number of amides is 3. The van der Waals surface area contributed by atoms with Crippen molar-refractivity contribution in [3.63, 3.8) is 0 Å². The van der Waals surface area contributed by atoms with E-state index in [4.69, 9.17) is 4.42 Å². The highest BCUT2D eigenvalue weighted by Gasteiger charge is 2.48. The summed E-state index contributed by atoms with van der Waals surface area (Å²) < 4.78 is 4.97. The fourth-order valence-corrected chi connectivity index (χ4v) is 5.87. The van der Waals surface area contributed by atoms with Crippen LogP contribution in [0.1, 0.15) is 109 Å². The minimum atomic E-state index is -0.769. The number of hydrogen-bond donors (Lipinski definition) is 2. The van der Waals surface area contributed by atoms with Crippen LogP contribution >= 0.6 is 0 Å². The highest BCUT2D eigenvalue weighted by Crippen LogP contribution is 2.51. The number of likely N-dealkylation sites (tertiary alicyclic amines) is 1. The standard InChI is InChI=1S/C32H37N3O4.3C2H6/c1-31(2,3)21-33-30(38)32(25-12-6-4-10-23(25)24-11-5-7-13-26(24)32)16-8-9-17-35-18-14-27(29(35)37)34-28(36)22-15-19-39-20-22;3*1-2/h4-7,10-13,15,19-20,27H,8-9,14,16-18,21H2,1-3H3,(H,33,38)(H,34,36);3*1-2H3. The van der Waals surface area contributed by atoms with Crippen molar-refractivity contribution >= 4 is 17.7 Å². The van der Waals surface area contributed by atoms with Crippen LogP contribution in [0.15, 0.2) is 71.5 Å². The zero-order chi connectivity index (χ0) is 33.6. The van der Waals surface area contributed by atoms with Gasteiger partial charge in [-0.2, -0.15) is 0 Å². The molecule has 2 N–H and O–H groups in total. The summed E-state index contributed by atoms with van der Waals surface area (Å²) in [4.78, 5) is 41.2. The van der Waals surface area contributed by atoms with E-state index in [2.05, 4.69) is 55.7 Å². The van der Waals surface area contributed by atoms with Crippen molar-refractivity contribution < 1.29 is 18.8 Å². The van der Waals surface area contributed by atoms with E-state index < -0.39 is 11.5 Å². The molecular weight excluding hydrogens is 562 g/mol. The van der Waals surface area contributed by atoms with Crippen molar-refractivity contribution in [2.24, 2.45) is 5.41 Å². The molecule has 7 heteroatoms. The Labute approximate surface area is 271 Å². The third-order valence-corrected chi connectivity index (χ3v) is 7.85. The molecule has 1 unspecified atom stereocenters. The molecule has 1 aliphatic carbocycles. The van der Waals surface area contributed by atoms with Crippen LogP contribution in [0.4, 0.5) is 0 Å². The van der Waals surface area contributed by atoms with E-state index in [-0.39, 0.29) is 23.1 Å². The summed E-state index contributed by atoms with van der Waals surface area (Å²) in [6.45, 7) is 20.2. The van der Waals surface area contributed by atoms with Gasteiger partial charge in [0.1, 0.15) is 17.7 Å². The van der Waals surface area contributed by atoms with Gasteiger partial charge in [-0.05, 0) is 59.4 Å². The summed E-state index contributed by atoms with van der Waals surface area (Å²) in [5, 5.41) is 6.08. The number of fused-ring (bicyclic) bond motifs is 3. The van der Waals surface area contributed by atoms with E-state index in [9.17, 15) is 14.4 Å². The van der Waals surface area contributed by atoms with E-state index in [0.717, 1.165) is 35.1 Å². The zero-order valence-electron chi connectivity index (χ0n) is 29.0. The first kappa shape index (κ1) is 37.3. The summed E-state index contributed by atoms with van der Waals surface area (Å²) in [6.07, 6.45) is 5.60. The lowest BCUT2D eigenvalue weighted by Crippen LogP contribution is -2.46. The first-order valence-corrected chi connectivity index (χ1v) is 16.8. The van der Waals surface area contributed by atoms with Crippen molar-refractivity contribution in [1.29, 1.82) is 0 Å². The number of unbranched alkanes of at least 4 members (excludes halogenated alkanes) is 1. The quantitative estimate of drug-likeness (QED) is 0.238. The maximum Gasteiger partial charge on any atom is 0.255 e. The Hall–Kier alpha value is -3.87. The third-order valence-electron chi connectivity index (χ3n) is 7.85. The monoisotopic (exact) mass is 617 g/mol. The van der Waals surface area contributed by atoms with E-state index in [1.807, 2.05) is 70.7 Å². The van der Waals surface area contributed by atoms with Gasteiger partial charge in [0.05, 0.1) is 11.8 Å².